The van der Waals surface area contributed by atoms with Gasteiger partial charge < -0.3 is 20.2 Å². The molecule has 0 aromatic carbocycles. The third-order valence-corrected chi connectivity index (χ3v) is 6.64. The first-order valence-electron chi connectivity index (χ1n) is 9.40. The summed E-state index contributed by atoms with van der Waals surface area (Å²) < 4.78 is 1.42. The third kappa shape index (κ3) is 2.53. The van der Waals surface area contributed by atoms with Gasteiger partial charge in [-0.3, -0.25) is 10.1 Å². The number of rotatable bonds is 5. The Hall–Kier alpha value is -3.38. The van der Waals surface area contributed by atoms with Crippen molar-refractivity contribution in [2.24, 2.45) is 17.8 Å². The highest BCUT2D eigenvalue weighted by Crippen LogP contribution is 2.60. The first kappa shape index (κ1) is 17.7. The van der Waals surface area contributed by atoms with E-state index in [9.17, 15) is 30.3 Å². The Morgan fingerprint density at radius 3 is 1.97 bits per heavy atom. The molecular formula is C16H17N7O6. The molecule has 0 radical (unpaired) electrons. The van der Waals surface area contributed by atoms with Crippen LogP contribution in [0.4, 0.5) is 11.5 Å². The molecule has 6 rings (SSSR count). The van der Waals surface area contributed by atoms with Crippen LogP contribution in [0.25, 0.3) is 11.4 Å². The van der Waals surface area contributed by atoms with E-state index in [2.05, 4.69) is 10.2 Å². The van der Waals surface area contributed by atoms with Gasteiger partial charge in [-0.05, 0) is 61.2 Å². The Balaban J connectivity index is 1.75. The molecule has 0 N–H and O–H groups in total. The first-order valence-corrected chi connectivity index (χ1v) is 9.40. The van der Waals surface area contributed by atoms with Crippen molar-refractivity contribution in [1.82, 2.24) is 19.7 Å². The molecule has 0 spiro atoms. The molecule has 4 aliphatic carbocycles. The molecule has 13 nitrogen and oxygen atoms in total. The maximum atomic E-state index is 11.8. The summed E-state index contributed by atoms with van der Waals surface area (Å²) in [7, 11) is 0. The smallest absolute Gasteiger partial charge is 0.358 e. The lowest BCUT2D eigenvalue weighted by atomic mass is 9.53. The first-order chi connectivity index (χ1) is 13.8. The Kier molecular flexibility index (Phi) is 3.55. The minimum Gasteiger partial charge on any atom is -0.358 e. The van der Waals surface area contributed by atoms with E-state index in [0.29, 0.717) is 22.5 Å². The summed E-state index contributed by atoms with van der Waals surface area (Å²) in [4.78, 5) is 33.1. The van der Waals surface area contributed by atoms with E-state index in [1.807, 2.05) is 0 Å². The van der Waals surface area contributed by atoms with Crippen molar-refractivity contribution in [3.8, 4) is 11.4 Å². The van der Waals surface area contributed by atoms with Gasteiger partial charge in [0.25, 0.3) is 0 Å². The van der Waals surface area contributed by atoms with Crippen LogP contribution in [-0.2, 0) is 5.54 Å². The van der Waals surface area contributed by atoms with Crippen molar-refractivity contribution in [1.29, 1.82) is 0 Å². The molecule has 4 saturated carbocycles. The van der Waals surface area contributed by atoms with Gasteiger partial charge >= 0.3 is 11.5 Å². The molecule has 152 valence electrons. The molecule has 2 heterocycles. The molecular weight excluding hydrogens is 386 g/mol. The lowest BCUT2D eigenvalue weighted by molar-refractivity contribution is -0.552. The van der Waals surface area contributed by atoms with E-state index in [1.54, 1.807) is 0 Å². The molecule has 0 unspecified atom stereocenters. The minimum absolute atomic E-state index is 0.0651. The highest BCUT2D eigenvalue weighted by molar-refractivity contribution is 5.73. The molecule has 13 heteroatoms. The van der Waals surface area contributed by atoms with Crippen LogP contribution >= 0.6 is 0 Å². The number of hydrogen-bond donors (Lipinski definition) is 0. The number of nitro groups is 3. The molecule has 0 aliphatic heterocycles. The molecule has 4 bridgehead atoms. The van der Waals surface area contributed by atoms with Crippen LogP contribution in [0.2, 0.25) is 0 Å². The Morgan fingerprint density at radius 1 is 0.931 bits per heavy atom. The predicted molar refractivity (Wildman–Crippen MR) is 95.3 cm³/mol. The zero-order chi connectivity index (χ0) is 20.5. The van der Waals surface area contributed by atoms with Gasteiger partial charge in [0.1, 0.15) is 6.20 Å². The topological polar surface area (TPSA) is 165 Å². The van der Waals surface area contributed by atoms with Crippen molar-refractivity contribution >= 4 is 11.5 Å². The van der Waals surface area contributed by atoms with Crippen molar-refractivity contribution in [2.45, 2.75) is 44.1 Å². The van der Waals surface area contributed by atoms with Gasteiger partial charge in [0.15, 0.2) is 0 Å². The second-order valence-corrected chi connectivity index (χ2v) is 8.45. The Morgan fingerprint density at radius 2 is 1.52 bits per heavy atom. The third-order valence-electron chi connectivity index (χ3n) is 6.64. The highest BCUT2D eigenvalue weighted by Gasteiger charge is 2.57. The fraction of sp³-hybridized carbons (Fsp3) is 0.625. The molecule has 2 aromatic rings. The van der Waals surface area contributed by atoms with E-state index in [0.717, 1.165) is 44.7 Å². The standard InChI is InChI=1S/C16H17N7O6/c24-21(25)14-13(12-1-2-19(17-12)23(28)29)20(18-15(14)22(26)27)16-6-9-3-10(7-16)5-11(4-9)8-16/h1-2,9-11H,3-8H2. The molecule has 29 heavy (non-hydrogen) atoms. The van der Waals surface area contributed by atoms with Crippen LogP contribution in [0.1, 0.15) is 38.5 Å². The van der Waals surface area contributed by atoms with E-state index in [1.165, 1.54) is 10.7 Å². The number of aromatic nitrogens is 4. The molecule has 0 atom stereocenters. The SMILES string of the molecule is O=[N+]([O-])c1nn(C23CC4CC(CC(C4)C2)C3)c(-c2ccn([N+](=O)[O-])n2)c1[N+](=O)[O-]. The summed E-state index contributed by atoms with van der Waals surface area (Å²) in [5.74, 6) is 0.546. The fourth-order valence-corrected chi connectivity index (χ4v) is 6.12. The summed E-state index contributed by atoms with van der Waals surface area (Å²) in [5, 5.41) is 41.5. The van der Waals surface area contributed by atoms with Crippen LogP contribution in [0.3, 0.4) is 0 Å². The van der Waals surface area contributed by atoms with Crippen molar-refractivity contribution in [2.75, 3.05) is 0 Å². The summed E-state index contributed by atoms with van der Waals surface area (Å²) in [6.07, 6.45) is 6.62. The summed E-state index contributed by atoms with van der Waals surface area (Å²) >= 11 is 0. The van der Waals surface area contributed by atoms with E-state index in [4.69, 9.17) is 0 Å². The number of hydrogen-bond acceptors (Lipinski definition) is 8. The summed E-state index contributed by atoms with van der Waals surface area (Å²) in [6.45, 7) is 0. The maximum absolute atomic E-state index is 11.8. The lowest BCUT2D eigenvalue weighted by Crippen LogP contribution is -2.52. The predicted octanol–water partition coefficient (Wildman–Crippen LogP) is 2.53. The van der Waals surface area contributed by atoms with E-state index < -0.39 is 31.9 Å². The van der Waals surface area contributed by atoms with Gasteiger partial charge in [-0.1, -0.05) is 0 Å². The molecule has 0 saturated heterocycles. The Bertz CT molecular complexity index is 1020. The van der Waals surface area contributed by atoms with Crippen LogP contribution in [0.5, 0.6) is 0 Å². The van der Waals surface area contributed by atoms with Gasteiger partial charge in [-0.25, -0.2) is 0 Å². The summed E-state index contributed by atoms with van der Waals surface area (Å²) in [5.41, 5.74) is -1.50. The maximum Gasteiger partial charge on any atom is 0.468 e. The van der Waals surface area contributed by atoms with Crippen molar-refractivity contribution in [3.63, 3.8) is 0 Å². The van der Waals surface area contributed by atoms with Gasteiger partial charge in [-0.2, -0.15) is 4.68 Å². The zero-order valence-electron chi connectivity index (χ0n) is 15.2. The van der Waals surface area contributed by atoms with Crippen LogP contribution in [0, 0.1) is 48.1 Å². The molecule has 4 fully saturated rings. The second kappa shape index (κ2) is 5.81. The molecule has 4 aliphatic rings. The number of nitrogens with zero attached hydrogens (tertiary/aromatic N) is 7. The highest BCUT2D eigenvalue weighted by atomic mass is 16.7. The minimum atomic E-state index is -0.872. The van der Waals surface area contributed by atoms with Crippen molar-refractivity contribution in [3.05, 3.63) is 42.6 Å². The Labute approximate surface area is 162 Å². The zero-order valence-corrected chi connectivity index (χ0v) is 15.2. The molecule has 2 aromatic heterocycles. The quantitative estimate of drug-likeness (QED) is 0.542. The second-order valence-electron chi connectivity index (χ2n) is 8.45. The van der Waals surface area contributed by atoms with E-state index >= 15 is 0 Å². The fourth-order valence-electron chi connectivity index (χ4n) is 6.12. The monoisotopic (exact) mass is 403 g/mol. The van der Waals surface area contributed by atoms with E-state index in [-0.39, 0.29) is 11.4 Å². The van der Waals surface area contributed by atoms with Crippen LogP contribution < -0.4 is 0 Å². The van der Waals surface area contributed by atoms with Gasteiger partial charge in [0.2, 0.25) is 11.4 Å². The van der Waals surface area contributed by atoms with Gasteiger partial charge in [0.05, 0.1) is 25.7 Å². The van der Waals surface area contributed by atoms with Gasteiger partial charge in [0, 0.05) is 10.9 Å². The average molecular weight is 403 g/mol. The normalized spacial score (nSPS) is 29.9. The van der Waals surface area contributed by atoms with Crippen LogP contribution in [-0.4, -0.2) is 34.5 Å². The molecule has 0 amide bonds. The summed E-state index contributed by atoms with van der Waals surface area (Å²) in [6, 6.07) is 1.26. The lowest BCUT2D eigenvalue weighted by Gasteiger charge is -2.55. The largest absolute Gasteiger partial charge is 0.468 e. The van der Waals surface area contributed by atoms with Gasteiger partial charge in [-0.15, -0.1) is 0 Å². The van der Waals surface area contributed by atoms with Crippen molar-refractivity contribution < 1.29 is 14.9 Å². The average Bonchev–Trinajstić information content (AvgIpc) is 3.25. The van der Waals surface area contributed by atoms with Crippen LogP contribution in [0.15, 0.2) is 12.3 Å².